The molecule has 1 N–H and O–H groups in total. The number of amides is 1. The molecule has 1 amide bonds. The van der Waals surface area contributed by atoms with Crippen molar-refractivity contribution >= 4 is 15.9 Å². The Hall–Kier alpha value is -2.45. The minimum Gasteiger partial charge on any atom is -0.354 e. The second kappa shape index (κ2) is 13.3. The molecule has 2 heterocycles. The van der Waals surface area contributed by atoms with E-state index in [1.807, 2.05) is 18.3 Å². The van der Waals surface area contributed by atoms with Crippen molar-refractivity contribution in [3.05, 3.63) is 58.9 Å². The number of hydrogen-bond acceptors (Lipinski definition) is 5. The Morgan fingerprint density at radius 2 is 1.57 bits per heavy atom. The zero-order valence-corrected chi connectivity index (χ0v) is 37.3. The maximum Gasteiger partial charge on any atom is 0.282 e. The average Bonchev–Trinajstić information content (AvgIpc) is 3.57. The van der Waals surface area contributed by atoms with Gasteiger partial charge in [0.25, 0.3) is 10.0 Å². The number of fused-ring (bicyclic) bond motifs is 8. The van der Waals surface area contributed by atoms with Crippen molar-refractivity contribution in [1.29, 1.82) is 0 Å². The van der Waals surface area contributed by atoms with E-state index in [2.05, 4.69) is 85.5 Å². The van der Waals surface area contributed by atoms with Gasteiger partial charge in [-0.2, -0.15) is 17.6 Å². The van der Waals surface area contributed by atoms with Gasteiger partial charge in [0, 0.05) is 24.7 Å². The average molecular weight is 785 g/mol. The number of hydrogen-bond donors (Lipinski definition) is 1. The summed E-state index contributed by atoms with van der Waals surface area (Å²) in [6.45, 7) is 27.7. The van der Waals surface area contributed by atoms with Gasteiger partial charge in [-0.3, -0.25) is 4.79 Å². The van der Waals surface area contributed by atoms with Crippen LogP contribution in [-0.2, 0) is 32.1 Å². The van der Waals surface area contributed by atoms with E-state index in [1.165, 1.54) is 23.3 Å². The Balaban J connectivity index is 1.10. The normalized spacial score (nSPS) is 36.5. The van der Waals surface area contributed by atoms with Gasteiger partial charge in [0.15, 0.2) is 0 Å². The van der Waals surface area contributed by atoms with Gasteiger partial charge < -0.3 is 10.2 Å². The van der Waals surface area contributed by atoms with Gasteiger partial charge in [-0.25, -0.2) is 0 Å². The molecule has 1 saturated heterocycles. The lowest BCUT2D eigenvalue weighted by Gasteiger charge is -2.70. The summed E-state index contributed by atoms with van der Waals surface area (Å²) in [5, 5.41) is 8.48. The van der Waals surface area contributed by atoms with Crippen molar-refractivity contribution in [1.82, 2.24) is 19.4 Å². The first-order chi connectivity index (χ1) is 26.1. The first kappa shape index (κ1) is 40.3. The molecule has 0 radical (unpaired) electrons. The predicted molar refractivity (Wildman–Crippen MR) is 226 cm³/mol. The van der Waals surface area contributed by atoms with E-state index in [1.54, 1.807) is 17.7 Å². The molecule has 2 aromatic rings. The van der Waals surface area contributed by atoms with Gasteiger partial charge in [0.1, 0.15) is 0 Å². The van der Waals surface area contributed by atoms with E-state index in [9.17, 15) is 13.2 Å². The molecule has 5 aliphatic carbocycles. The van der Waals surface area contributed by atoms with Gasteiger partial charge >= 0.3 is 0 Å². The molecule has 0 unspecified atom stereocenters. The second-order valence-electron chi connectivity index (χ2n) is 22.6. The molecule has 56 heavy (non-hydrogen) atoms. The van der Waals surface area contributed by atoms with Crippen LogP contribution in [0.3, 0.4) is 0 Å². The molecule has 8 rings (SSSR count). The quantitative estimate of drug-likeness (QED) is 0.295. The molecule has 7 atom stereocenters. The first-order valence-electron chi connectivity index (χ1n) is 22.3. The Bertz CT molecular complexity index is 2000. The highest BCUT2D eigenvalue weighted by molar-refractivity contribution is 7.89. The van der Waals surface area contributed by atoms with Gasteiger partial charge in [0.05, 0.1) is 16.0 Å². The molecule has 8 heteroatoms. The fraction of sp³-hybridized carbons (Fsp3) is 0.750. The van der Waals surface area contributed by atoms with Crippen LogP contribution >= 0.6 is 0 Å². The number of likely N-dealkylation sites (tertiary alicyclic amines) is 1. The van der Waals surface area contributed by atoms with Crippen molar-refractivity contribution in [2.75, 3.05) is 26.2 Å². The molecule has 1 aliphatic heterocycles. The lowest BCUT2D eigenvalue weighted by Crippen LogP contribution is -2.65. The van der Waals surface area contributed by atoms with Crippen LogP contribution in [0.5, 0.6) is 0 Å². The minimum atomic E-state index is -3.84. The Labute approximate surface area is 339 Å². The fourth-order valence-electron chi connectivity index (χ4n) is 14.1. The number of nitrogens with zero attached hydrogens (tertiary/aromatic N) is 3. The standard InChI is InChI=1S/C48H72N4O3S/c1-42(2,3)34-14-16-35(17-15-34)56(54,55)52-32-33-30-45(8)38(44(6,7)40(33)50-52)20-21-47(10)39(45)19-18-36-37-31-43(4,5)22-24-48(37,25-23-46(36,47)9)41(53)49-26-29-51-27-12-11-13-28-51/h14-18,32,37-39H,11-13,19-31H2,1-10H3,(H,49,53)/t37-,38-,39+,45-,46+,47+,48-/m0/s1. The van der Waals surface area contributed by atoms with Gasteiger partial charge in [-0.05, 0) is 152 Å². The van der Waals surface area contributed by atoms with Crippen LogP contribution in [0.15, 0.2) is 47.0 Å². The molecule has 308 valence electrons. The molecule has 4 fully saturated rings. The molecule has 0 spiro atoms. The smallest absolute Gasteiger partial charge is 0.282 e. The molecule has 3 saturated carbocycles. The van der Waals surface area contributed by atoms with Gasteiger partial charge in [0.2, 0.25) is 5.91 Å². The lowest BCUT2D eigenvalue weighted by molar-refractivity contribution is -0.167. The summed E-state index contributed by atoms with van der Waals surface area (Å²) in [5.74, 6) is 1.43. The zero-order valence-electron chi connectivity index (χ0n) is 36.5. The number of carbonyl (C=O) groups excluding carboxylic acids is 1. The maximum absolute atomic E-state index is 14.6. The van der Waals surface area contributed by atoms with Crippen molar-refractivity contribution in [2.45, 2.75) is 162 Å². The van der Waals surface area contributed by atoms with E-state index >= 15 is 0 Å². The summed E-state index contributed by atoms with van der Waals surface area (Å²) < 4.78 is 29.5. The molecule has 6 aliphatic rings. The van der Waals surface area contributed by atoms with E-state index in [0.29, 0.717) is 17.7 Å². The van der Waals surface area contributed by atoms with Crippen LogP contribution in [0, 0.1) is 44.8 Å². The molecule has 0 bridgehead atoms. The van der Waals surface area contributed by atoms with E-state index in [-0.39, 0.29) is 48.7 Å². The number of nitrogens with one attached hydrogen (secondary N) is 1. The largest absolute Gasteiger partial charge is 0.354 e. The van der Waals surface area contributed by atoms with Crippen LogP contribution in [0.1, 0.15) is 157 Å². The summed E-state index contributed by atoms with van der Waals surface area (Å²) in [6, 6.07) is 7.36. The Kier molecular flexibility index (Phi) is 9.56. The summed E-state index contributed by atoms with van der Waals surface area (Å²) in [7, 11) is -3.84. The summed E-state index contributed by atoms with van der Waals surface area (Å²) >= 11 is 0. The summed E-state index contributed by atoms with van der Waals surface area (Å²) in [6.07, 6.45) is 17.7. The molecule has 1 aromatic heterocycles. The van der Waals surface area contributed by atoms with Gasteiger partial charge in [-0.1, -0.05) is 99.4 Å². The summed E-state index contributed by atoms with van der Waals surface area (Å²) in [5.41, 5.74) is 4.37. The van der Waals surface area contributed by atoms with Crippen molar-refractivity contribution in [2.24, 2.45) is 44.8 Å². The topological polar surface area (TPSA) is 84.3 Å². The second-order valence-corrected chi connectivity index (χ2v) is 24.4. The highest BCUT2D eigenvalue weighted by atomic mass is 32.2. The minimum absolute atomic E-state index is 0.0106. The van der Waals surface area contributed by atoms with E-state index in [0.717, 1.165) is 101 Å². The van der Waals surface area contributed by atoms with Crippen molar-refractivity contribution in [3.63, 3.8) is 0 Å². The number of allylic oxidation sites excluding steroid dienone is 2. The monoisotopic (exact) mass is 785 g/mol. The van der Waals surface area contributed by atoms with Crippen LogP contribution in [0.4, 0.5) is 0 Å². The third-order valence-corrected chi connectivity index (χ3v) is 19.2. The molecule has 7 nitrogen and oxygen atoms in total. The number of aromatic nitrogens is 2. The molecular formula is C48H72N4O3S. The summed E-state index contributed by atoms with van der Waals surface area (Å²) in [4.78, 5) is 17.4. The van der Waals surface area contributed by atoms with Crippen LogP contribution in [0.2, 0.25) is 0 Å². The van der Waals surface area contributed by atoms with Crippen LogP contribution in [0.25, 0.3) is 0 Å². The highest BCUT2D eigenvalue weighted by Gasteiger charge is 2.69. The lowest BCUT2D eigenvalue weighted by atomic mass is 9.33. The maximum atomic E-state index is 14.6. The SMILES string of the molecule is CC1(C)CC[C@]2(C(=O)NCCN3CCCCC3)CC[C@]3(C)C(=CC[C@@H]4[C@@]5(C)Cc6cn(S(=O)(=O)c7ccc(C(C)(C)C)cc7)nc6C(C)(C)[C@@H]5CC[C@]43C)[C@@H]2C1. The first-order valence-corrected chi connectivity index (χ1v) is 23.7. The number of piperidine rings is 1. The zero-order chi connectivity index (χ0) is 40.3. The molecular weight excluding hydrogens is 713 g/mol. The van der Waals surface area contributed by atoms with Crippen molar-refractivity contribution in [3.8, 4) is 0 Å². The fourth-order valence-corrected chi connectivity index (χ4v) is 15.3. The number of rotatable bonds is 6. The van der Waals surface area contributed by atoms with Crippen LogP contribution < -0.4 is 5.32 Å². The van der Waals surface area contributed by atoms with Gasteiger partial charge in [-0.15, -0.1) is 0 Å². The van der Waals surface area contributed by atoms with E-state index < -0.39 is 10.0 Å². The highest BCUT2D eigenvalue weighted by Crippen LogP contribution is 2.75. The van der Waals surface area contributed by atoms with Crippen LogP contribution in [-0.4, -0.2) is 54.6 Å². The Morgan fingerprint density at radius 3 is 2.25 bits per heavy atom. The molecule has 1 aromatic carbocycles. The third-order valence-electron chi connectivity index (χ3n) is 17.6. The van der Waals surface area contributed by atoms with E-state index in [4.69, 9.17) is 5.10 Å². The number of carbonyl (C=O) groups is 1. The third kappa shape index (κ3) is 6.05. The predicted octanol–water partition coefficient (Wildman–Crippen LogP) is 9.84. The van der Waals surface area contributed by atoms with Crippen molar-refractivity contribution < 1.29 is 13.2 Å². The Morgan fingerprint density at radius 1 is 0.893 bits per heavy atom. The number of benzene rings is 1.